The van der Waals surface area contributed by atoms with Crippen LogP contribution in [0.15, 0.2) is 48.5 Å². The van der Waals surface area contributed by atoms with Gasteiger partial charge in [-0.1, -0.05) is 30.3 Å². The Bertz CT molecular complexity index is 709. The van der Waals surface area contributed by atoms with Crippen LogP contribution in [0.25, 0.3) is 0 Å². The van der Waals surface area contributed by atoms with E-state index in [4.69, 9.17) is 4.74 Å². The van der Waals surface area contributed by atoms with E-state index in [1.165, 1.54) is 12.1 Å². The molecule has 2 atom stereocenters. The maximum Gasteiger partial charge on any atom is 0.315 e. The van der Waals surface area contributed by atoms with Crippen LogP contribution in [0.1, 0.15) is 37.1 Å². The summed E-state index contributed by atoms with van der Waals surface area (Å²) in [5.41, 5.74) is 1.05. The Morgan fingerprint density at radius 3 is 2.72 bits per heavy atom. The second-order valence-corrected chi connectivity index (χ2v) is 5.62. The van der Waals surface area contributed by atoms with Crippen molar-refractivity contribution in [2.45, 2.75) is 26.0 Å². The van der Waals surface area contributed by atoms with Crippen molar-refractivity contribution in [3.05, 3.63) is 65.5 Å². The molecule has 2 unspecified atom stereocenters. The predicted octanol–water partition coefficient (Wildman–Crippen LogP) is 3.32. The molecule has 0 fully saturated rings. The molecule has 5 nitrogen and oxygen atoms in total. The Hall–Kier alpha value is -2.60. The number of carbonyl (C=O) groups excluding carboxylic acids is 1. The van der Waals surface area contributed by atoms with Crippen molar-refractivity contribution >= 4 is 6.03 Å². The summed E-state index contributed by atoms with van der Waals surface area (Å²) in [5, 5.41) is 15.3. The number of halogens is 1. The molecule has 0 aliphatic carbocycles. The molecule has 0 aliphatic rings. The lowest BCUT2D eigenvalue weighted by Crippen LogP contribution is -2.39. The largest absolute Gasteiger partial charge is 0.494 e. The van der Waals surface area contributed by atoms with Crippen molar-refractivity contribution in [2.24, 2.45) is 0 Å². The Labute approximate surface area is 146 Å². The third kappa shape index (κ3) is 5.46. The van der Waals surface area contributed by atoms with Crippen LogP contribution >= 0.6 is 0 Å². The third-order valence-corrected chi connectivity index (χ3v) is 3.74. The van der Waals surface area contributed by atoms with Crippen LogP contribution in [-0.2, 0) is 0 Å². The van der Waals surface area contributed by atoms with Crippen LogP contribution in [0.4, 0.5) is 9.18 Å². The number of aliphatic hydroxyl groups excluding tert-OH is 1. The van der Waals surface area contributed by atoms with E-state index in [1.54, 1.807) is 12.1 Å². The van der Waals surface area contributed by atoms with E-state index in [2.05, 4.69) is 10.6 Å². The molecule has 0 heterocycles. The fourth-order valence-corrected chi connectivity index (χ4v) is 2.42. The summed E-state index contributed by atoms with van der Waals surface area (Å²) in [7, 11) is 0. The lowest BCUT2D eigenvalue weighted by Gasteiger charge is -2.17. The number of urea groups is 1. The first-order chi connectivity index (χ1) is 12.0. The van der Waals surface area contributed by atoms with E-state index in [1.807, 2.05) is 38.1 Å². The molecule has 0 aromatic heterocycles. The second kappa shape index (κ2) is 9.03. The minimum absolute atomic E-state index is 0.0848. The first-order valence-electron chi connectivity index (χ1n) is 8.21. The van der Waals surface area contributed by atoms with Gasteiger partial charge in [0.2, 0.25) is 0 Å². The van der Waals surface area contributed by atoms with Crippen LogP contribution in [-0.4, -0.2) is 24.3 Å². The van der Waals surface area contributed by atoms with Gasteiger partial charge in [0.1, 0.15) is 11.6 Å². The molecule has 0 saturated heterocycles. The van der Waals surface area contributed by atoms with E-state index in [-0.39, 0.29) is 18.2 Å². The molecular weight excluding hydrogens is 323 g/mol. The van der Waals surface area contributed by atoms with Crippen LogP contribution in [0, 0.1) is 5.82 Å². The summed E-state index contributed by atoms with van der Waals surface area (Å²) >= 11 is 0. The normalized spacial score (nSPS) is 13.0. The zero-order valence-electron chi connectivity index (χ0n) is 14.3. The molecule has 2 aromatic rings. The molecule has 2 rings (SSSR count). The number of rotatable bonds is 7. The minimum Gasteiger partial charge on any atom is -0.494 e. The van der Waals surface area contributed by atoms with Crippen LogP contribution in [0.2, 0.25) is 0 Å². The number of hydrogen-bond acceptors (Lipinski definition) is 3. The third-order valence-electron chi connectivity index (χ3n) is 3.74. The van der Waals surface area contributed by atoms with Crippen molar-refractivity contribution in [1.29, 1.82) is 0 Å². The van der Waals surface area contributed by atoms with Gasteiger partial charge in [0.25, 0.3) is 0 Å². The van der Waals surface area contributed by atoms with Gasteiger partial charge in [-0.3, -0.25) is 0 Å². The predicted molar refractivity (Wildman–Crippen MR) is 93.9 cm³/mol. The number of nitrogens with one attached hydrogen (secondary N) is 2. The van der Waals surface area contributed by atoms with Crippen molar-refractivity contribution < 1.29 is 19.0 Å². The summed E-state index contributed by atoms with van der Waals surface area (Å²) in [4.78, 5) is 12.0. The van der Waals surface area contributed by atoms with Gasteiger partial charge in [-0.2, -0.15) is 0 Å². The van der Waals surface area contributed by atoms with Gasteiger partial charge in [0, 0.05) is 12.1 Å². The number of amides is 2. The van der Waals surface area contributed by atoms with Gasteiger partial charge in [-0.25, -0.2) is 9.18 Å². The maximum absolute atomic E-state index is 13.6. The van der Waals surface area contributed by atoms with Crippen LogP contribution in [0.3, 0.4) is 0 Å². The van der Waals surface area contributed by atoms with Gasteiger partial charge < -0.3 is 20.5 Å². The summed E-state index contributed by atoms with van der Waals surface area (Å²) in [6, 6.07) is 12.7. The number of aliphatic hydroxyl groups is 1. The number of benzene rings is 2. The van der Waals surface area contributed by atoms with Gasteiger partial charge >= 0.3 is 6.03 Å². The molecule has 3 N–H and O–H groups in total. The zero-order valence-corrected chi connectivity index (χ0v) is 14.3. The van der Waals surface area contributed by atoms with Gasteiger partial charge in [0.15, 0.2) is 0 Å². The first kappa shape index (κ1) is 18.7. The quantitative estimate of drug-likeness (QED) is 0.720. The Morgan fingerprint density at radius 1 is 1.24 bits per heavy atom. The lowest BCUT2D eigenvalue weighted by molar-refractivity contribution is 0.168. The molecular formula is C19H23FN2O3. The lowest BCUT2D eigenvalue weighted by atomic mass is 10.1. The van der Waals surface area contributed by atoms with Gasteiger partial charge in [0.05, 0.1) is 18.8 Å². The molecule has 0 saturated carbocycles. The molecule has 25 heavy (non-hydrogen) atoms. The standard InChI is InChI=1S/C19H23FN2O3/c1-3-25-15-8-6-7-14(11-15)13(2)22-19(24)21-12-18(23)16-9-4-5-10-17(16)20/h4-11,13,18,23H,3,12H2,1-2H3,(H2,21,22,24). The van der Waals surface area contributed by atoms with E-state index >= 15 is 0 Å². The number of ether oxygens (including phenoxy) is 1. The molecule has 134 valence electrons. The monoisotopic (exact) mass is 346 g/mol. The van der Waals surface area contributed by atoms with Crippen LogP contribution in [0.5, 0.6) is 5.75 Å². The average molecular weight is 346 g/mol. The first-order valence-corrected chi connectivity index (χ1v) is 8.21. The minimum atomic E-state index is -1.11. The Kier molecular flexibility index (Phi) is 6.77. The molecule has 0 aliphatic heterocycles. The number of carbonyl (C=O) groups is 1. The van der Waals surface area contributed by atoms with Gasteiger partial charge in [-0.15, -0.1) is 0 Å². The van der Waals surface area contributed by atoms with E-state index < -0.39 is 18.0 Å². The summed E-state index contributed by atoms with van der Waals surface area (Å²) in [6.45, 7) is 4.23. The molecule has 0 radical (unpaired) electrons. The topological polar surface area (TPSA) is 70.6 Å². The molecule has 6 heteroatoms. The number of hydrogen-bond donors (Lipinski definition) is 3. The molecule has 0 spiro atoms. The van der Waals surface area contributed by atoms with Crippen LogP contribution < -0.4 is 15.4 Å². The highest BCUT2D eigenvalue weighted by Gasteiger charge is 2.15. The highest BCUT2D eigenvalue weighted by molar-refractivity contribution is 5.74. The van der Waals surface area contributed by atoms with Gasteiger partial charge in [-0.05, 0) is 37.6 Å². The Balaban J connectivity index is 1.87. The highest BCUT2D eigenvalue weighted by atomic mass is 19.1. The van der Waals surface area contributed by atoms with Crippen molar-refractivity contribution in [3.63, 3.8) is 0 Å². The van der Waals surface area contributed by atoms with Crippen molar-refractivity contribution in [2.75, 3.05) is 13.2 Å². The summed E-state index contributed by atoms with van der Waals surface area (Å²) in [5.74, 6) is 0.238. The smallest absolute Gasteiger partial charge is 0.315 e. The molecule has 2 aromatic carbocycles. The summed E-state index contributed by atoms with van der Waals surface area (Å²) in [6.07, 6.45) is -1.11. The molecule has 0 bridgehead atoms. The summed E-state index contributed by atoms with van der Waals surface area (Å²) < 4.78 is 19.0. The van der Waals surface area contributed by atoms with E-state index in [0.717, 1.165) is 11.3 Å². The van der Waals surface area contributed by atoms with E-state index in [9.17, 15) is 14.3 Å². The van der Waals surface area contributed by atoms with Crippen molar-refractivity contribution in [1.82, 2.24) is 10.6 Å². The zero-order chi connectivity index (χ0) is 18.2. The Morgan fingerprint density at radius 2 is 2.00 bits per heavy atom. The maximum atomic E-state index is 13.6. The van der Waals surface area contributed by atoms with E-state index in [0.29, 0.717) is 6.61 Å². The average Bonchev–Trinajstić information content (AvgIpc) is 2.60. The fraction of sp³-hybridized carbons (Fsp3) is 0.316. The molecule has 2 amide bonds. The fourth-order valence-electron chi connectivity index (χ4n) is 2.42. The second-order valence-electron chi connectivity index (χ2n) is 5.62. The van der Waals surface area contributed by atoms with Crippen molar-refractivity contribution in [3.8, 4) is 5.75 Å². The highest BCUT2D eigenvalue weighted by Crippen LogP contribution is 2.19. The SMILES string of the molecule is CCOc1cccc(C(C)NC(=O)NCC(O)c2ccccc2F)c1.